The molecule has 0 heterocycles. The molecule has 0 saturated heterocycles. The Kier molecular flexibility index (Phi) is 5.22. The summed E-state index contributed by atoms with van der Waals surface area (Å²) in [6, 6.07) is 6.41. The lowest BCUT2D eigenvalue weighted by atomic mass is 9.89. The topological polar surface area (TPSA) is 26.3 Å². The third-order valence-corrected chi connectivity index (χ3v) is 4.45. The second-order valence-electron chi connectivity index (χ2n) is 5.99. The van der Waals surface area contributed by atoms with Crippen molar-refractivity contribution >= 4 is 5.78 Å². The summed E-state index contributed by atoms with van der Waals surface area (Å²) in [6.45, 7) is 4.49. The van der Waals surface area contributed by atoms with Crippen LogP contribution >= 0.6 is 0 Å². The van der Waals surface area contributed by atoms with Crippen LogP contribution < -0.4 is 4.74 Å². The molecule has 1 saturated carbocycles. The number of carbonyl (C=O) groups excluding carboxylic acids is 1. The van der Waals surface area contributed by atoms with E-state index in [0.29, 0.717) is 11.7 Å². The molecule has 20 heavy (non-hydrogen) atoms. The number of hydrogen-bond donors (Lipinski definition) is 0. The molecular formula is C18H26O2. The monoisotopic (exact) mass is 274 g/mol. The van der Waals surface area contributed by atoms with Crippen LogP contribution in [0.5, 0.6) is 5.75 Å². The zero-order valence-corrected chi connectivity index (χ0v) is 12.9. The molecule has 0 amide bonds. The predicted octanol–water partition coefficient (Wildman–Crippen LogP) is 4.83. The van der Waals surface area contributed by atoms with Crippen LogP contribution in [0.4, 0.5) is 0 Å². The van der Waals surface area contributed by atoms with Crippen molar-refractivity contribution in [3.05, 3.63) is 29.3 Å². The van der Waals surface area contributed by atoms with E-state index < -0.39 is 0 Å². The summed E-state index contributed by atoms with van der Waals surface area (Å²) in [4.78, 5) is 12.0. The largest absolute Gasteiger partial charge is 0.497 e. The zero-order valence-electron chi connectivity index (χ0n) is 12.9. The minimum atomic E-state index is 0.0993. The number of carbonyl (C=O) groups is 1. The molecule has 0 N–H and O–H groups in total. The van der Waals surface area contributed by atoms with Crippen molar-refractivity contribution in [2.45, 2.75) is 64.2 Å². The molecule has 0 aliphatic heterocycles. The normalized spacial score (nSPS) is 20.1. The lowest BCUT2D eigenvalue weighted by Gasteiger charge is -2.17. The highest BCUT2D eigenvalue weighted by molar-refractivity contribution is 5.87. The molecule has 0 bridgehead atoms. The quantitative estimate of drug-likeness (QED) is 0.743. The van der Waals surface area contributed by atoms with Gasteiger partial charge in [0.05, 0.1) is 7.11 Å². The molecule has 1 aliphatic carbocycles. The van der Waals surface area contributed by atoms with Gasteiger partial charge in [-0.15, -0.1) is 0 Å². The number of hydrogen-bond acceptors (Lipinski definition) is 2. The summed E-state index contributed by atoms with van der Waals surface area (Å²) in [5.74, 6) is 1.91. The molecular weight excluding hydrogens is 248 g/mol. The Hall–Kier alpha value is -1.31. The summed E-state index contributed by atoms with van der Waals surface area (Å²) in [5.41, 5.74) is 2.47. The summed E-state index contributed by atoms with van der Waals surface area (Å²) in [6.07, 6.45) is 6.43. The summed E-state index contributed by atoms with van der Waals surface area (Å²) in [7, 11) is 1.70. The molecule has 0 spiro atoms. The molecule has 2 nitrogen and oxygen atoms in total. The van der Waals surface area contributed by atoms with Gasteiger partial charge in [-0.05, 0) is 48.4 Å². The highest BCUT2D eigenvalue weighted by Gasteiger charge is 2.26. The van der Waals surface area contributed by atoms with Gasteiger partial charge >= 0.3 is 0 Å². The third kappa shape index (κ3) is 3.41. The molecule has 1 aliphatic rings. The number of benzene rings is 1. The van der Waals surface area contributed by atoms with Gasteiger partial charge in [-0.3, -0.25) is 4.79 Å². The Morgan fingerprint density at radius 3 is 2.75 bits per heavy atom. The average molecular weight is 274 g/mol. The van der Waals surface area contributed by atoms with Crippen molar-refractivity contribution < 1.29 is 9.53 Å². The van der Waals surface area contributed by atoms with E-state index in [0.717, 1.165) is 30.6 Å². The zero-order chi connectivity index (χ0) is 14.5. The Labute approximate surface area is 122 Å². The maximum Gasteiger partial charge on any atom is 0.140 e. The van der Waals surface area contributed by atoms with Crippen molar-refractivity contribution in [1.29, 1.82) is 0 Å². The van der Waals surface area contributed by atoms with Crippen LogP contribution in [-0.2, 0) is 4.79 Å². The Bertz CT molecular complexity index is 464. The fourth-order valence-electron chi connectivity index (χ4n) is 3.09. The van der Waals surface area contributed by atoms with E-state index in [1.165, 1.54) is 24.8 Å². The summed E-state index contributed by atoms with van der Waals surface area (Å²) < 4.78 is 5.43. The van der Waals surface area contributed by atoms with Crippen molar-refractivity contribution in [2.24, 2.45) is 0 Å². The van der Waals surface area contributed by atoms with Gasteiger partial charge in [0.15, 0.2) is 0 Å². The lowest BCUT2D eigenvalue weighted by Crippen LogP contribution is -2.06. The van der Waals surface area contributed by atoms with E-state index in [-0.39, 0.29) is 5.92 Å². The molecule has 1 aromatic carbocycles. The fourth-order valence-corrected chi connectivity index (χ4v) is 3.09. The van der Waals surface area contributed by atoms with Crippen LogP contribution in [0, 0.1) is 0 Å². The van der Waals surface area contributed by atoms with E-state index in [2.05, 4.69) is 26.0 Å². The molecule has 2 rings (SSSR count). The molecule has 2 heteroatoms. The second-order valence-corrected chi connectivity index (χ2v) is 5.99. The van der Waals surface area contributed by atoms with Crippen LogP contribution in [0.2, 0.25) is 0 Å². The van der Waals surface area contributed by atoms with Crippen LogP contribution in [0.25, 0.3) is 0 Å². The number of unbranched alkanes of at least 4 members (excludes halogenated alkanes) is 1. The third-order valence-electron chi connectivity index (χ3n) is 4.45. The molecule has 1 aromatic rings. The SMILES string of the molecule is CCCCC(C)c1cc(OC)cc(C2CCCC2=O)c1. The standard InChI is InChI=1S/C18H26O2/c1-4-5-7-13(2)14-10-15(12-16(11-14)20-3)17-8-6-9-18(17)19/h10-13,17H,4-9H2,1-3H3. The van der Waals surface area contributed by atoms with Crippen molar-refractivity contribution in [3.63, 3.8) is 0 Å². The highest BCUT2D eigenvalue weighted by Crippen LogP contribution is 2.35. The van der Waals surface area contributed by atoms with Gasteiger partial charge in [-0.2, -0.15) is 0 Å². The van der Waals surface area contributed by atoms with Crippen molar-refractivity contribution in [2.75, 3.05) is 7.11 Å². The van der Waals surface area contributed by atoms with E-state index in [1.54, 1.807) is 7.11 Å². The van der Waals surface area contributed by atoms with Gasteiger partial charge in [0, 0.05) is 12.3 Å². The maximum atomic E-state index is 12.0. The van der Waals surface area contributed by atoms with E-state index >= 15 is 0 Å². The number of methoxy groups -OCH3 is 1. The highest BCUT2D eigenvalue weighted by atomic mass is 16.5. The minimum Gasteiger partial charge on any atom is -0.497 e. The van der Waals surface area contributed by atoms with Gasteiger partial charge < -0.3 is 4.74 Å². The summed E-state index contributed by atoms with van der Waals surface area (Å²) >= 11 is 0. The maximum absolute atomic E-state index is 12.0. The number of rotatable bonds is 6. The average Bonchev–Trinajstić information content (AvgIpc) is 2.90. The molecule has 1 fully saturated rings. The van der Waals surface area contributed by atoms with Crippen LogP contribution in [0.1, 0.15) is 75.3 Å². The lowest BCUT2D eigenvalue weighted by molar-refractivity contribution is -0.118. The van der Waals surface area contributed by atoms with Crippen molar-refractivity contribution in [1.82, 2.24) is 0 Å². The van der Waals surface area contributed by atoms with E-state index in [9.17, 15) is 4.79 Å². The first-order valence-corrected chi connectivity index (χ1v) is 7.87. The molecule has 0 radical (unpaired) electrons. The smallest absolute Gasteiger partial charge is 0.140 e. The fraction of sp³-hybridized carbons (Fsp3) is 0.611. The van der Waals surface area contributed by atoms with Crippen LogP contribution in [-0.4, -0.2) is 12.9 Å². The molecule has 110 valence electrons. The van der Waals surface area contributed by atoms with Crippen molar-refractivity contribution in [3.8, 4) is 5.75 Å². The van der Waals surface area contributed by atoms with Crippen LogP contribution in [0.15, 0.2) is 18.2 Å². The molecule has 2 atom stereocenters. The Morgan fingerprint density at radius 2 is 2.15 bits per heavy atom. The summed E-state index contributed by atoms with van der Waals surface area (Å²) in [5, 5.41) is 0. The Balaban J connectivity index is 2.26. The van der Waals surface area contributed by atoms with Gasteiger partial charge in [0.25, 0.3) is 0 Å². The number of Topliss-reactive ketones (excluding diaryl/α,β-unsaturated/α-hetero) is 1. The predicted molar refractivity (Wildman–Crippen MR) is 82.5 cm³/mol. The first kappa shape index (κ1) is 15.1. The van der Waals surface area contributed by atoms with Gasteiger partial charge in [0.1, 0.15) is 11.5 Å². The minimum absolute atomic E-state index is 0.0993. The van der Waals surface area contributed by atoms with Crippen LogP contribution in [0.3, 0.4) is 0 Å². The van der Waals surface area contributed by atoms with Gasteiger partial charge in [-0.25, -0.2) is 0 Å². The van der Waals surface area contributed by atoms with E-state index in [4.69, 9.17) is 4.74 Å². The molecule has 0 aromatic heterocycles. The second kappa shape index (κ2) is 6.92. The molecule has 2 unspecified atom stereocenters. The number of ketones is 1. The Morgan fingerprint density at radius 1 is 1.35 bits per heavy atom. The number of ether oxygens (including phenoxy) is 1. The van der Waals surface area contributed by atoms with Gasteiger partial charge in [-0.1, -0.05) is 32.8 Å². The first-order valence-electron chi connectivity index (χ1n) is 7.87. The van der Waals surface area contributed by atoms with E-state index in [1.807, 2.05) is 6.07 Å². The first-order chi connectivity index (χ1) is 9.65. The van der Waals surface area contributed by atoms with Gasteiger partial charge in [0.2, 0.25) is 0 Å².